The topological polar surface area (TPSA) is 92.1 Å². The molecule has 37 heavy (non-hydrogen) atoms. The van der Waals surface area contributed by atoms with Crippen LogP contribution < -0.4 is 10.1 Å². The van der Waals surface area contributed by atoms with Gasteiger partial charge in [-0.05, 0) is 48.2 Å². The highest BCUT2D eigenvalue weighted by molar-refractivity contribution is 6.10. The van der Waals surface area contributed by atoms with E-state index in [1.54, 1.807) is 24.3 Å². The quantitative estimate of drug-likeness (QED) is 0.524. The molecule has 0 aliphatic carbocycles. The Balaban J connectivity index is 1.39. The Morgan fingerprint density at radius 3 is 2.46 bits per heavy atom. The highest BCUT2D eigenvalue weighted by atomic mass is 16.5. The summed E-state index contributed by atoms with van der Waals surface area (Å²) in [5.41, 5.74) is 0.575. The minimum atomic E-state index is -1.15. The molecular formula is C29H29N3O5. The molecule has 1 spiro atoms. The highest BCUT2D eigenvalue weighted by Gasteiger charge is 2.69. The number of ether oxygens (including phenoxy) is 1. The lowest BCUT2D eigenvalue weighted by Crippen LogP contribution is -2.63. The third kappa shape index (κ3) is 3.83. The molecule has 8 heteroatoms. The first-order chi connectivity index (χ1) is 18.0. The second-order valence-corrected chi connectivity index (χ2v) is 10.0. The number of benzene rings is 2. The lowest BCUT2D eigenvalue weighted by molar-refractivity contribution is -0.150. The molecular weight excluding hydrogens is 470 g/mol. The summed E-state index contributed by atoms with van der Waals surface area (Å²) in [6.07, 6.45) is 2.80. The number of methoxy groups -OCH3 is 1. The van der Waals surface area contributed by atoms with Crippen molar-refractivity contribution in [3.8, 4) is 5.75 Å². The SMILES string of the molecule is COc1ccc([C@H]2N[C@]3(CCCN(Cc4ccco4)C3=O)[C@H]3C(=O)N(Cc4ccccc4)C(=O)[C@@H]23)cc1. The Bertz CT molecular complexity index is 1310. The first kappa shape index (κ1) is 23.5. The number of hydrogen-bond donors (Lipinski definition) is 1. The summed E-state index contributed by atoms with van der Waals surface area (Å²) in [6.45, 7) is 1.10. The van der Waals surface area contributed by atoms with E-state index in [1.165, 1.54) is 4.90 Å². The van der Waals surface area contributed by atoms with Gasteiger partial charge in [0.2, 0.25) is 17.7 Å². The molecule has 1 aromatic heterocycles. The van der Waals surface area contributed by atoms with Gasteiger partial charge in [0.15, 0.2) is 0 Å². The Kier molecular flexibility index (Phi) is 5.83. The van der Waals surface area contributed by atoms with Crippen molar-refractivity contribution in [2.75, 3.05) is 13.7 Å². The van der Waals surface area contributed by atoms with Crippen LogP contribution in [0.15, 0.2) is 77.4 Å². The molecule has 0 unspecified atom stereocenters. The zero-order valence-corrected chi connectivity index (χ0v) is 20.6. The summed E-state index contributed by atoms with van der Waals surface area (Å²) in [4.78, 5) is 45.1. The van der Waals surface area contributed by atoms with E-state index < -0.39 is 23.4 Å². The second-order valence-electron chi connectivity index (χ2n) is 10.0. The summed E-state index contributed by atoms with van der Waals surface area (Å²) in [7, 11) is 1.60. The molecule has 3 aliphatic rings. The van der Waals surface area contributed by atoms with Crippen LogP contribution in [0, 0.1) is 11.8 Å². The van der Waals surface area contributed by atoms with Gasteiger partial charge < -0.3 is 14.1 Å². The van der Waals surface area contributed by atoms with Crippen LogP contribution in [-0.4, -0.2) is 46.7 Å². The van der Waals surface area contributed by atoms with Crippen molar-refractivity contribution >= 4 is 17.7 Å². The van der Waals surface area contributed by atoms with Gasteiger partial charge in [0.1, 0.15) is 17.0 Å². The molecule has 4 heterocycles. The Morgan fingerprint density at radius 2 is 1.76 bits per heavy atom. The average molecular weight is 500 g/mol. The predicted molar refractivity (Wildman–Crippen MR) is 134 cm³/mol. The number of nitrogens with one attached hydrogen (secondary N) is 1. The van der Waals surface area contributed by atoms with Crippen molar-refractivity contribution in [1.29, 1.82) is 0 Å². The van der Waals surface area contributed by atoms with Gasteiger partial charge in [-0.25, -0.2) is 0 Å². The molecule has 3 amide bonds. The summed E-state index contributed by atoms with van der Waals surface area (Å²) in [5, 5.41) is 3.54. The van der Waals surface area contributed by atoms with Gasteiger partial charge in [-0.15, -0.1) is 0 Å². The van der Waals surface area contributed by atoms with E-state index in [-0.39, 0.29) is 24.3 Å². The van der Waals surface area contributed by atoms with E-state index in [4.69, 9.17) is 9.15 Å². The van der Waals surface area contributed by atoms with Gasteiger partial charge in [-0.3, -0.25) is 24.6 Å². The molecule has 190 valence electrons. The first-order valence-corrected chi connectivity index (χ1v) is 12.6. The van der Waals surface area contributed by atoms with Crippen LogP contribution >= 0.6 is 0 Å². The number of likely N-dealkylation sites (tertiary alicyclic amines) is 2. The van der Waals surface area contributed by atoms with Gasteiger partial charge in [-0.2, -0.15) is 0 Å². The Morgan fingerprint density at radius 1 is 0.973 bits per heavy atom. The molecule has 3 saturated heterocycles. The van der Waals surface area contributed by atoms with E-state index in [2.05, 4.69) is 5.32 Å². The molecule has 0 bridgehead atoms. The van der Waals surface area contributed by atoms with Crippen LogP contribution in [0.5, 0.6) is 5.75 Å². The molecule has 2 aromatic carbocycles. The number of fused-ring (bicyclic) bond motifs is 2. The number of hydrogen-bond acceptors (Lipinski definition) is 6. The van der Waals surface area contributed by atoms with Crippen LogP contribution in [-0.2, 0) is 27.5 Å². The van der Waals surface area contributed by atoms with Gasteiger partial charge in [0, 0.05) is 12.6 Å². The number of carbonyl (C=O) groups is 3. The van der Waals surface area contributed by atoms with Gasteiger partial charge in [-0.1, -0.05) is 42.5 Å². The lowest BCUT2D eigenvalue weighted by atomic mass is 9.74. The third-order valence-electron chi connectivity index (χ3n) is 8.00. The maximum atomic E-state index is 14.1. The fraction of sp³-hybridized carbons (Fsp3) is 0.345. The largest absolute Gasteiger partial charge is 0.497 e. The third-order valence-corrected chi connectivity index (χ3v) is 8.00. The lowest BCUT2D eigenvalue weighted by Gasteiger charge is -2.42. The van der Waals surface area contributed by atoms with Crippen molar-refractivity contribution in [2.24, 2.45) is 11.8 Å². The van der Waals surface area contributed by atoms with Crippen LogP contribution in [0.3, 0.4) is 0 Å². The van der Waals surface area contributed by atoms with E-state index in [0.29, 0.717) is 31.0 Å². The molecule has 4 atom stereocenters. The summed E-state index contributed by atoms with van der Waals surface area (Å²) in [6, 6.07) is 20.1. The maximum absolute atomic E-state index is 14.1. The Hall–Kier alpha value is -3.91. The normalized spacial score (nSPS) is 27.3. The predicted octanol–water partition coefficient (Wildman–Crippen LogP) is 3.30. The molecule has 1 N–H and O–H groups in total. The van der Waals surface area contributed by atoms with E-state index in [9.17, 15) is 14.4 Å². The van der Waals surface area contributed by atoms with E-state index >= 15 is 0 Å². The van der Waals surface area contributed by atoms with Crippen LogP contribution in [0.4, 0.5) is 0 Å². The highest BCUT2D eigenvalue weighted by Crippen LogP contribution is 2.52. The number of amides is 3. The zero-order valence-electron chi connectivity index (χ0n) is 20.6. The fourth-order valence-corrected chi connectivity index (χ4v) is 6.29. The van der Waals surface area contributed by atoms with Crippen LogP contribution in [0.2, 0.25) is 0 Å². The minimum absolute atomic E-state index is 0.149. The van der Waals surface area contributed by atoms with Gasteiger partial charge in [0.05, 0.1) is 38.3 Å². The molecule has 3 fully saturated rings. The van der Waals surface area contributed by atoms with Crippen molar-refractivity contribution in [1.82, 2.24) is 15.1 Å². The van der Waals surface area contributed by atoms with Crippen molar-refractivity contribution in [3.63, 3.8) is 0 Å². The smallest absolute Gasteiger partial charge is 0.244 e. The number of furan rings is 1. The summed E-state index contributed by atoms with van der Waals surface area (Å²) >= 11 is 0. The molecule has 3 aliphatic heterocycles. The number of rotatable bonds is 6. The van der Waals surface area contributed by atoms with Crippen LogP contribution in [0.25, 0.3) is 0 Å². The minimum Gasteiger partial charge on any atom is -0.497 e. The first-order valence-electron chi connectivity index (χ1n) is 12.6. The average Bonchev–Trinajstić information content (AvgIpc) is 3.62. The molecule has 8 nitrogen and oxygen atoms in total. The van der Waals surface area contributed by atoms with Gasteiger partial charge in [0.25, 0.3) is 0 Å². The van der Waals surface area contributed by atoms with Gasteiger partial charge >= 0.3 is 0 Å². The summed E-state index contributed by atoms with van der Waals surface area (Å²) < 4.78 is 10.8. The van der Waals surface area contributed by atoms with E-state index in [0.717, 1.165) is 17.5 Å². The monoisotopic (exact) mass is 499 g/mol. The second kappa shape index (κ2) is 9.19. The van der Waals surface area contributed by atoms with Crippen molar-refractivity contribution in [2.45, 2.75) is 37.5 Å². The van der Waals surface area contributed by atoms with E-state index in [1.807, 2.05) is 60.7 Å². The Labute approximate surface area is 215 Å². The fourth-order valence-electron chi connectivity index (χ4n) is 6.29. The standard InChI is InChI=1S/C29H29N3O5/c1-36-21-12-10-20(11-13-21)25-23-24(27(34)32(26(23)33)17-19-7-3-2-4-8-19)29(30-25)14-6-15-31(28(29)35)18-22-9-5-16-37-22/h2-5,7-13,16,23-25,30H,6,14-15,17-18H2,1H3/t23-,24-,25-,29-/m1/s1. The summed E-state index contributed by atoms with van der Waals surface area (Å²) in [5.74, 6) is -0.726. The van der Waals surface area contributed by atoms with Crippen molar-refractivity contribution < 1.29 is 23.5 Å². The number of imide groups is 1. The number of piperidine rings is 1. The van der Waals surface area contributed by atoms with Crippen molar-refractivity contribution in [3.05, 3.63) is 89.9 Å². The van der Waals surface area contributed by atoms with Crippen LogP contribution in [0.1, 0.15) is 35.8 Å². The maximum Gasteiger partial charge on any atom is 0.244 e. The molecule has 6 rings (SSSR count). The zero-order chi connectivity index (χ0) is 25.6. The molecule has 0 saturated carbocycles. The molecule has 0 radical (unpaired) electrons. The molecule has 3 aromatic rings. The number of nitrogens with zero attached hydrogens (tertiary/aromatic N) is 2. The number of carbonyl (C=O) groups excluding carboxylic acids is 3.